The fourth-order valence-electron chi connectivity index (χ4n) is 1.66. The number of nitrogens with zero attached hydrogens (tertiary/aromatic N) is 2. The highest BCUT2D eigenvalue weighted by atomic mass is 79.9. The van der Waals surface area contributed by atoms with Gasteiger partial charge in [-0.2, -0.15) is 5.10 Å². The van der Waals surface area contributed by atoms with Crippen molar-refractivity contribution in [3.05, 3.63) is 46.2 Å². The quantitative estimate of drug-likeness (QED) is 0.832. The lowest BCUT2D eigenvalue weighted by Gasteiger charge is -2.04. The van der Waals surface area contributed by atoms with Crippen molar-refractivity contribution in [2.24, 2.45) is 0 Å². The molecule has 1 N–H and O–H groups in total. The normalized spacial score (nSPS) is 12.4. The Labute approximate surface area is 121 Å². The molecule has 2 aromatic rings. The minimum absolute atomic E-state index is 0.0510. The van der Waals surface area contributed by atoms with E-state index in [2.05, 4.69) is 37.0 Å². The molecule has 0 aliphatic heterocycles. The molecular weight excluding hydrogens is 364 g/mol. The molecule has 1 aromatic carbocycles. The van der Waals surface area contributed by atoms with E-state index in [4.69, 9.17) is 0 Å². The molecule has 4 nitrogen and oxygen atoms in total. The maximum Gasteiger partial charge on any atom is 0.356 e. The van der Waals surface area contributed by atoms with Crippen molar-refractivity contribution in [2.45, 2.75) is 11.8 Å². The highest BCUT2D eigenvalue weighted by Crippen LogP contribution is 2.33. The predicted octanol–water partition coefficient (Wildman–Crippen LogP) is 3.79. The number of benzene rings is 1. The zero-order valence-corrected chi connectivity index (χ0v) is 12.6. The van der Waals surface area contributed by atoms with Crippen molar-refractivity contribution in [1.29, 1.82) is 0 Å². The minimum atomic E-state index is -1.04. The number of hydrogen-bond donors (Lipinski definition) is 1. The third-order valence-corrected chi connectivity index (χ3v) is 3.69. The highest BCUT2D eigenvalue weighted by Gasteiger charge is 2.24. The molecule has 94 valence electrons. The van der Waals surface area contributed by atoms with Crippen molar-refractivity contribution in [2.75, 3.05) is 0 Å². The number of alkyl halides is 1. The van der Waals surface area contributed by atoms with Crippen molar-refractivity contribution in [3.8, 4) is 5.69 Å². The van der Waals surface area contributed by atoms with E-state index in [1.54, 1.807) is 4.68 Å². The lowest BCUT2D eigenvalue weighted by Crippen LogP contribution is -2.02. The number of halogens is 2. The maximum atomic E-state index is 11.2. The Morgan fingerprint density at radius 1 is 1.39 bits per heavy atom. The van der Waals surface area contributed by atoms with E-state index in [1.165, 1.54) is 0 Å². The fraction of sp³-hybridized carbons (Fsp3) is 0.167. The number of carboxylic acid groups (broad SMARTS) is 1. The molecule has 0 saturated heterocycles. The molecule has 0 spiro atoms. The van der Waals surface area contributed by atoms with Gasteiger partial charge in [0, 0.05) is 10.4 Å². The van der Waals surface area contributed by atoms with Crippen LogP contribution in [0.15, 0.2) is 34.9 Å². The molecule has 1 atom stereocenters. The first-order valence-corrected chi connectivity index (χ1v) is 6.94. The summed E-state index contributed by atoms with van der Waals surface area (Å²) < 4.78 is 2.23. The number of rotatable bonds is 3. The van der Waals surface area contributed by atoms with Crippen LogP contribution in [0, 0.1) is 0 Å². The second kappa shape index (κ2) is 5.24. The van der Waals surface area contributed by atoms with Gasteiger partial charge < -0.3 is 5.11 Å². The Morgan fingerprint density at radius 2 is 2.00 bits per heavy atom. The van der Waals surface area contributed by atoms with Gasteiger partial charge in [-0.25, -0.2) is 9.48 Å². The first-order valence-electron chi connectivity index (χ1n) is 5.23. The summed E-state index contributed by atoms with van der Waals surface area (Å²) in [6, 6.07) is 9.38. The van der Waals surface area contributed by atoms with Gasteiger partial charge in [0.1, 0.15) is 4.60 Å². The topological polar surface area (TPSA) is 55.1 Å². The lowest BCUT2D eigenvalue weighted by molar-refractivity contribution is 0.0689. The predicted molar refractivity (Wildman–Crippen MR) is 75.6 cm³/mol. The number of carboxylic acids is 1. The van der Waals surface area contributed by atoms with E-state index < -0.39 is 5.97 Å². The molecule has 1 unspecified atom stereocenters. The van der Waals surface area contributed by atoms with Gasteiger partial charge in [0.05, 0.1) is 5.69 Å². The monoisotopic (exact) mass is 372 g/mol. The van der Waals surface area contributed by atoms with Gasteiger partial charge in [0.15, 0.2) is 5.69 Å². The van der Waals surface area contributed by atoms with E-state index in [9.17, 15) is 9.90 Å². The molecule has 18 heavy (non-hydrogen) atoms. The average Bonchev–Trinajstić information content (AvgIpc) is 2.68. The van der Waals surface area contributed by atoms with E-state index in [0.717, 1.165) is 5.69 Å². The number of aromatic carboxylic acids is 1. The zero-order chi connectivity index (χ0) is 13.3. The molecule has 1 heterocycles. The van der Waals surface area contributed by atoms with Crippen LogP contribution in [-0.2, 0) is 0 Å². The molecular formula is C12H10Br2N2O2. The first kappa shape index (κ1) is 13.3. The Kier molecular flexibility index (Phi) is 3.87. The van der Waals surface area contributed by atoms with Crippen molar-refractivity contribution >= 4 is 37.8 Å². The smallest absolute Gasteiger partial charge is 0.356 e. The van der Waals surface area contributed by atoms with Crippen LogP contribution in [-0.4, -0.2) is 20.9 Å². The second-order valence-electron chi connectivity index (χ2n) is 3.72. The molecule has 0 radical (unpaired) electrons. The van der Waals surface area contributed by atoms with Crippen LogP contribution < -0.4 is 0 Å². The summed E-state index contributed by atoms with van der Waals surface area (Å²) >= 11 is 6.81. The van der Waals surface area contributed by atoms with Gasteiger partial charge in [0.25, 0.3) is 0 Å². The van der Waals surface area contributed by atoms with E-state index in [-0.39, 0.29) is 10.5 Å². The summed E-state index contributed by atoms with van der Waals surface area (Å²) in [7, 11) is 0. The van der Waals surface area contributed by atoms with Gasteiger partial charge in [-0.05, 0) is 35.0 Å². The number of para-hydroxylation sites is 1. The van der Waals surface area contributed by atoms with Gasteiger partial charge in [-0.1, -0.05) is 34.1 Å². The number of hydrogen-bond acceptors (Lipinski definition) is 2. The lowest BCUT2D eigenvalue weighted by atomic mass is 10.2. The Hall–Kier alpha value is -1.14. The van der Waals surface area contributed by atoms with E-state index >= 15 is 0 Å². The summed E-state index contributed by atoms with van der Waals surface area (Å²) in [5, 5.41) is 13.3. The van der Waals surface area contributed by atoms with Gasteiger partial charge in [0.2, 0.25) is 0 Å². The molecule has 0 fully saturated rings. The molecule has 0 amide bonds. The van der Waals surface area contributed by atoms with Crippen LogP contribution in [0.1, 0.15) is 27.8 Å². The summed E-state index contributed by atoms with van der Waals surface area (Å²) in [6.45, 7) is 1.86. The van der Waals surface area contributed by atoms with Crippen molar-refractivity contribution in [1.82, 2.24) is 9.78 Å². The second-order valence-corrected chi connectivity index (χ2v) is 5.85. The molecule has 6 heteroatoms. The summed E-state index contributed by atoms with van der Waals surface area (Å²) in [5.41, 5.74) is 1.49. The van der Waals surface area contributed by atoms with Gasteiger partial charge in [-0.15, -0.1) is 0 Å². The number of carbonyl (C=O) groups is 1. The van der Waals surface area contributed by atoms with Crippen LogP contribution in [0.5, 0.6) is 0 Å². The average molecular weight is 374 g/mol. The molecule has 0 saturated carbocycles. The zero-order valence-electron chi connectivity index (χ0n) is 9.47. The third kappa shape index (κ3) is 2.35. The van der Waals surface area contributed by atoms with Crippen LogP contribution in [0.4, 0.5) is 0 Å². The van der Waals surface area contributed by atoms with Crippen LogP contribution in [0.2, 0.25) is 0 Å². The standard InChI is InChI=1S/C12H10Br2N2O2/c1-7(13)9-10(12(17)18)15-16(11(9)14)8-5-3-2-4-6-8/h2-7H,1H3,(H,17,18). The van der Waals surface area contributed by atoms with Crippen molar-refractivity contribution < 1.29 is 9.90 Å². The van der Waals surface area contributed by atoms with Gasteiger partial charge >= 0.3 is 5.97 Å². The SMILES string of the molecule is CC(Br)c1c(C(=O)O)nn(-c2ccccc2)c1Br. The highest BCUT2D eigenvalue weighted by molar-refractivity contribution is 9.10. The Balaban J connectivity index is 2.64. The Morgan fingerprint density at radius 3 is 2.44 bits per heavy atom. The minimum Gasteiger partial charge on any atom is -0.476 e. The Bertz CT molecular complexity index is 579. The summed E-state index contributed by atoms with van der Waals surface area (Å²) in [4.78, 5) is 11.1. The van der Waals surface area contributed by atoms with Crippen LogP contribution in [0.25, 0.3) is 5.69 Å². The van der Waals surface area contributed by atoms with Crippen LogP contribution >= 0.6 is 31.9 Å². The van der Waals surface area contributed by atoms with Crippen LogP contribution in [0.3, 0.4) is 0 Å². The van der Waals surface area contributed by atoms with Gasteiger partial charge in [-0.3, -0.25) is 0 Å². The molecule has 0 bridgehead atoms. The molecule has 0 aliphatic rings. The molecule has 1 aromatic heterocycles. The molecule has 2 rings (SSSR count). The number of aromatic nitrogens is 2. The maximum absolute atomic E-state index is 11.2. The van der Waals surface area contributed by atoms with E-state index in [0.29, 0.717) is 10.2 Å². The summed E-state index contributed by atoms with van der Waals surface area (Å²) in [5.74, 6) is -1.04. The largest absolute Gasteiger partial charge is 0.476 e. The molecule has 0 aliphatic carbocycles. The third-order valence-electron chi connectivity index (χ3n) is 2.46. The first-order chi connectivity index (χ1) is 8.52. The summed E-state index contributed by atoms with van der Waals surface area (Å²) in [6.07, 6.45) is 0. The fourth-order valence-corrected chi connectivity index (χ4v) is 3.22. The van der Waals surface area contributed by atoms with E-state index in [1.807, 2.05) is 37.3 Å². The van der Waals surface area contributed by atoms with Crippen molar-refractivity contribution in [3.63, 3.8) is 0 Å².